The van der Waals surface area contributed by atoms with Crippen molar-refractivity contribution in [3.8, 4) is 34.8 Å². The van der Waals surface area contributed by atoms with Gasteiger partial charge in [0.1, 0.15) is 24.0 Å². The summed E-state index contributed by atoms with van der Waals surface area (Å²) in [6, 6.07) is 39.4. The Bertz CT molecular complexity index is 4490. The maximum Gasteiger partial charge on any atom is 0.310 e. The average molecular weight is 1480 g/mol. The van der Waals surface area contributed by atoms with Gasteiger partial charge in [0.15, 0.2) is 40.2 Å². The first-order valence-corrected chi connectivity index (χ1v) is 37.2. The van der Waals surface area contributed by atoms with Gasteiger partial charge in [0.05, 0.1) is 56.6 Å². The van der Waals surface area contributed by atoms with Crippen LogP contribution in [-0.2, 0) is 37.6 Å². The third kappa shape index (κ3) is 13.8. The standard InChI is InChI=1S/C23H27N.C22H29FO5.C22H22O8.C14H9Cl2N3S2/c1-23(2,3)21-14-12-18(13-15-21)16-24(4)17-20-10-7-9-19-8-5-6-11-22(19)20;1-12-8-16-15-5-4-13-9-14(25)6-7-19(13,2)21(15,23)17(26)10-20(16,3)22(12,28)18(27)11-24;1-25-16-4-10(5-17(26-2)21(16)27-3)18-11-6-14-15(30-9-29-14)7-12(11)20(23)13-8-28-22(24)19(13)18;15-9-1-2-10(11(16)5-9)13-7-20-14(21-13)12(6-17)19-4-3-18-8-19/h5-15H,16-17H2,1-4H3;6-7,9,12,15-17,24,26,28H,4-5,8,10-11H2,1-3H3;4-7,13,18-20,23H,8-9H2,1-3H3;1-5,8,13H,7H2/b;;;14-12+/t;12-,15-,16-,17-,19-,20-,21-,22-;13-,18+,19-,20-;13-/m.000/s1. The predicted molar refractivity (Wildman–Crippen MR) is 398 cm³/mol. The van der Waals surface area contributed by atoms with E-state index in [4.69, 9.17) is 51.6 Å². The minimum Gasteiger partial charge on any atom is -0.493 e. The van der Waals surface area contributed by atoms with E-state index in [0.29, 0.717) is 74.9 Å². The smallest absolute Gasteiger partial charge is 0.310 e. The normalized spacial score (nSPS) is 28.8. The molecule has 0 spiro atoms. The number of aliphatic hydroxyl groups is 4. The van der Waals surface area contributed by atoms with Gasteiger partial charge in [0.2, 0.25) is 12.5 Å². The molecule has 15 rings (SSSR count). The van der Waals surface area contributed by atoms with Crippen molar-refractivity contribution in [2.24, 2.45) is 40.4 Å². The number of aromatic nitrogens is 2. The Labute approximate surface area is 619 Å². The second-order valence-corrected chi connectivity index (χ2v) is 32.7. The first-order valence-electron chi connectivity index (χ1n) is 34.5. The van der Waals surface area contributed by atoms with Crippen LogP contribution in [0.3, 0.4) is 0 Å². The number of nitrogens with zero attached hydrogens (tertiary/aromatic N) is 4. The SMILES string of the molecule is CN(Cc1ccc(C(C)(C)C)cc1)Cc1cccc2ccccc12.COc1cc([C@@H]2c3cc4c(cc3[C@H](O)[C@H]3COC(=O)[C@H]23)OCO4)cc(OC)c1OC.C[C@H]1C[C@H]2[C@@H]3CCC4=CC(=O)C=C[C@]4(C)[C@@]3(F)[C@@H](O)C[C@]2(C)[C@@]1(O)C(=O)CO.N#C/C(=C1/SC[C@@H](c2ccc(Cl)cc2Cl)S1)n1ccnc1. The molecule has 7 aromatic rings. The number of rotatable bonds is 12. The number of alkyl halides is 1. The van der Waals surface area contributed by atoms with Crippen LogP contribution in [0.5, 0.6) is 28.7 Å². The van der Waals surface area contributed by atoms with Gasteiger partial charge in [-0.05, 0) is 155 Å². The number of Topliss-reactive ketones (excluding diaryl/α,β-unsaturated/α-hetero) is 1. The number of methoxy groups -OCH3 is 3. The Kier molecular flexibility index (Phi) is 21.9. The third-order valence-corrected chi connectivity index (χ3v) is 26.0. The number of hydrogen-bond donors (Lipinski definition) is 4. The fraction of sp³-hybridized carbons (Fsp3) is 0.420. The van der Waals surface area contributed by atoms with Crippen LogP contribution in [0.25, 0.3) is 16.5 Å². The number of ketones is 2. The van der Waals surface area contributed by atoms with Gasteiger partial charge >= 0.3 is 5.97 Å². The van der Waals surface area contributed by atoms with Crippen LogP contribution in [0.2, 0.25) is 10.0 Å². The molecule has 0 unspecified atom stereocenters. The summed E-state index contributed by atoms with van der Waals surface area (Å²) >= 11 is 15.5. The monoisotopic (exact) mass is 1480 g/mol. The summed E-state index contributed by atoms with van der Waals surface area (Å²) < 4.78 is 52.5. The van der Waals surface area contributed by atoms with Crippen molar-refractivity contribution in [1.29, 1.82) is 5.26 Å². The lowest BCUT2D eigenvalue weighted by Crippen LogP contribution is -2.69. The molecule has 6 aromatic carbocycles. The second kappa shape index (κ2) is 30.1. The van der Waals surface area contributed by atoms with Crippen molar-refractivity contribution in [2.75, 3.05) is 54.1 Å². The highest BCUT2D eigenvalue weighted by Crippen LogP contribution is 2.71. The maximum absolute atomic E-state index is 16.9. The zero-order valence-electron chi connectivity index (χ0n) is 59.3. The van der Waals surface area contributed by atoms with Crippen molar-refractivity contribution in [2.45, 2.75) is 120 Å². The predicted octanol–water partition coefficient (Wildman–Crippen LogP) is 15.1. The van der Waals surface area contributed by atoms with Gasteiger partial charge in [0, 0.05) is 75.1 Å². The molecule has 8 aliphatic rings. The van der Waals surface area contributed by atoms with Gasteiger partial charge in [-0.2, -0.15) is 5.26 Å². The second-order valence-electron chi connectivity index (χ2n) is 29.3. The number of ether oxygens (including phenoxy) is 6. The molecule has 22 heteroatoms. The van der Waals surface area contributed by atoms with Crippen LogP contribution in [0.15, 0.2) is 156 Å². The van der Waals surface area contributed by atoms with Gasteiger partial charge in [-0.1, -0.05) is 142 Å². The maximum atomic E-state index is 16.9. The van der Waals surface area contributed by atoms with E-state index in [0.717, 1.165) is 39.8 Å². The first-order chi connectivity index (χ1) is 49.1. The van der Waals surface area contributed by atoms with Crippen LogP contribution >= 0.6 is 46.7 Å². The molecule has 5 aliphatic carbocycles. The lowest BCUT2D eigenvalue weighted by Gasteiger charge is -2.62. The fourth-order valence-electron chi connectivity index (χ4n) is 17.3. The molecular weight excluding hydrogens is 1390 g/mol. The topological polar surface area (TPSA) is 232 Å². The number of imidazole rings is 1. The molecule has 5 fully saturated rings. The van der Waals surface area contributed by atoms with E-state index < -0.39 is 64.5 Å². The molecule has 0 radical (unpaired) electrons. The van der Waals surface area contributed by atoms with E-state index >= 15 is 4.39 Å². The number of allylic oxidation sites excluding steroid dienone is 5. The lowest BCUT2D eigenvalue weighted by atomic mass is 9.44. The van der Waals surface area contributed by atoms with Crippen LogP contribution in [0.4, 0.5) is 4.39 Å². The van der Waals surface area contributed by atoms with Crippen molar-refractivity contribution >= 4 is 80.7 Å². The van der Waals surface area contributed by atoms with Gasteiger partial charge in [-0.3, -0.25) is 23.9 Å². The van der Waals surface area contributed by atoms with Crippen LogP contribution < -0.4 is 23.7 Å². The molecule has 4 heterocycles. The summed E-state index contributed by atoms with van der Waals surface area (Å²) in [4.78, 5) is 43.5. The van der Waals surface area contributed by atoms with Crippen molar-refractivity contribution < 1.29 is 67.6 Å². The number of cyclic esters (lactones) is 1. The highest BCUT2D eigenvalue weighted by atomic mass is 35.5. The minimum absolute atomic E-state index is 0.0676. The zero-order chi connectivity index (χ0) is 73.7. The molecule has 1 aromatic heterocycles. The minimum atomic E-state index is -1.98. The molecule has 103 heavy (non-hydrogen) atoms. The molecular formula is C81H87Cl2FN4O13S2. The highest BCUT2D eigenvalue weighted by molar-refractivity contribution is 8.25. The van der Waals surface area contributed by atoms with Crippen LogP contribution in [0, 0.1) is 51.8 Å². The van der Waals surface area contributed by atoms with Crippen molar-refractivity contribution in [3.05, 3.63) is 205 Å². The number of fused-ring (bicyclic) bond motifs is 9. The first kappa shape index (κ1) is 75.0. The zero-order valence-corrected chi connectivity index (χ0v) is 62.5. The van der Waals surface area contributed by atoms with E-state index in [-0.39, 0.29) is 60.0 Å². The number of thioether (sulfide) groups is 2. The summed E-state index contributed by atoms with van der Waals surface area (Å²) in [5, 5.41) is 56.6. The number of halogens is 3. The number of hydrogen-bond acceptors (Lipinski definition) is 18. The van der Waals surface area contributed by atoms with E-state index in [2.05, 4.69) is 111 Å². The fourth-order valence-corrected chi connectivity index (χ4v) is 20.8. The number of benzene rings is 6. The van der Waals surface area contributed by atoms with E-state index in [1.165, 1.54) is 46.7 Å². The highest BCUT2D eigenvalue weighted by Gasteiger charge is 2.75. The van der Waals surface area contributed by atoms with Gasteiger partial charge in [0.25, 0.3) is 0 Å². The molecule has 4 N–H and O–H groups in total. The number of carbonyl (C=O) groups is 3. The summed E-state index contributed by atoms with van der Waals surface area (Å²) in [5.74, 6) is -0.253. The largest absolute Gasteiger partial charge is 0.493 e. The van der Waals surface area contributed by atoms with Gasteiger partial charge in [-0.15, -0.1) is 23.5 Å². The Morgan fingerprint density at radius 2 is 1.58 bits per heavy atom. The molecule has 17 nitrogen and oxygen atoms in total. The molecule has 542 valence electrons. The summed E-state index contributed by atoms with van der Waals surface area (Å²) in [6.07, 6.45) is 8.67. The number of aliphatic hydroxyl groups excluding tert-OH is 3. The number of esters is 1. The third-order valence-electron chi connectivity index (χ3n) is 22.6. The molecule has 0 bridgehead atoms. The molecule has 3 aliphatic heterocycles. The summed E-state index contributed by atoms with van der Waals surface area (Å²) in [6.45, 7) is 13.5. The van der Waals surface area contributed by atoms with Crippen molar-refractivity contribution in [1.82, 2.24) is 14.5 Å². The van der Waals surface area contributed by atoms with Gasteiger partial charge < -0.3 is 48.8 Å². The summed E-state index contributed by atoms with van der Waals surface area (Å²) in [5.41, 5.74) is 3.15. The van der Waals surface area contributed by atoms with E-state index in [1.807, 2.05) is 30.3 Å². The van der Waals surface area contributed by atoms with E-state index in [9.17, 15) is 40.1 Å². The van der Waals surface area contributed by atoms with E-state index in [1.54, 1.807) is 100 Å². The number of carbonyl (C=O) groups excluding carboxylic acids is 3. The lowest BCUT2D eigenvalue weighted by molar-refractivity contribution is -0.219. The average Bonchev–Trinajstić information content (AvgIpc) is 1.60. The Morgan fingerprint density at radius 1 is 0.883 bits per heavy atom. The molecule has 0 amide bonds. The van der Waals surface area contributed by atoms with Crippen LogP contribution in [-0.4, -0.2) is 124 Å². The number of nitriles is 1. The van der Waals surface area contributed by atoms with Crippen LogP contribution in [0.1, 0.15) is 123 Å². The molecule has 13 atom stereocenters. The van der Waals surface area contributed by atoms with Gasteiger partial charge in [-0.25, -0.2) is 9.37 Å². The van der Waals surface area contributed by atoms with Crippen molar-refractivity contribution in [3.63, 3.8) is 0 Å². The summed E-state index contributed by atoms with van der Waals surface area (Å²) in [7, 11) is 6.82. The molecule has 3 saturated carbocycles. The Morgan fingerprint density at radius 3 is 2.23 bits per heavy atom. The quantitative estimate of drug-likeness (QED) is 0.0658. The Hall–Kier alpha value is -7.68. The molecule has 2 saturated heterocycles. The Balaban J connectivity index is 0.000000131.